The summed E-state index contributed by atoms with van der Waals surface area (Å²) in [4.78, 5) is 27.5. The molecule has 0 bridgehead atoms. The third-order valence-corrected chi connectivity index (χ3v) is 5.12. The number of H-pyrrole nitrogens is 1. The Labute approximate surface area is 162 Å². The van der Waals surface area contributed by atoms with Gasteiger partial charge in [-0.3, -0.25) is 9.59 Å². The quantitative estimate of drug-likeness (QED) is 0.509. The topological polar surface area (TPSA) is 80.4 Å². The number of rotatable bonds is 6. The number of aromatic nitrogens is 1. The van der Waals surface area contributed by atoms with Gasteiger partial charge in [0.05, 0.1) is 13.5 Å². The van der Waals surface area contributed by atoms with Gasteiger partial charge in [-0.05, 0) is 41.8 Å². The molecule has 0 fully saturated rings. The number of aromatic amines is 1. The first-order valence-electron chi connectivity index (χ1n) is 9.34. The molecule has 6 heteroatoms. The van der Waals surface area contributed by atoms with E-state index in [2.05, 4.69) is 10.3 Å². The number of benzene rings is 2. The lowest BCUT2D eigenvalue weighted by molar-refractivity contribution is -0.136. The van der Waals surface area contributed by atoms with Crippen LogP contribution < -0.4 is 14.8 Å². The molecule has 1 amide bonds. The predicted octanol–water partition coefficient (Wildman–Crippen LogP) is 3.32. The van der Waals surface area contributed by atoms with Crippen molar-refractivity contribution in [2.24, 2.45) is 0 Å². The minimum Gasteiger partial charge on any atom is -0.497 e. The summed E-state index contributed by atoms with van der Waals surface area (Å²) >= 11 is 0. The second-order valence-electron chi connectivity index (χ2n) is 6.94. The fourth-order valence-corrected chi connectivity index (χ4v) is 3.69. The molecule has 6 nitrogen and oxygen atoms in total. The van der Waals surface area contributed by atoms with Gasteiger partial charge in [0.2, 0.25) is 5.91 Å². The molecule has 1 aromatic heterocycles. The summed E-state index contributed by atoms with van der Waals surface area (Å²) in [6.07, 6.45) is 3.17. The second-order valence-corrected chi connectivity index (χ2v) is 6.94. The molecule has 0 saturated heterocycles. The molecule has 1 atom stereocenters. The van der Waals surface area contributed by atoms with Crippen molar-refractivity contribution in [3.63, 3.8) is 0 Å². The normalized spacial score (nSPS) is 15.8. The average molecular weight is 378 g/mol. The molecule has 1 aliphatic heterocycles. The van der Waals surface area contributed by atoms with Gasteiger partial charge in [0.15, 0.2) is 0 Å². The fraction of sp³-hybridized carbons (Fsp3) is 0.273. The van der Waals surface area contributed by atoms with Crippen molar-refractivity contribution in [3.8, 4) is 11.5 Å². The molecule has 0 radical (unpaired) electrons. The number of para-hydroxylation sites is 1. The van der Waals surface area contributed by atoms with Gasteiger partial charge >= 0.3 is 5.97 Å². The third-order valence-electron chi connectivity index (χ3n) is 5.12. The van der Waals surface area contributed by atoms with Crippen molar-refractivity contribution >= 4 is 22.8 Å². The van der Waals surface area contributed by atoms with Crippen molar-refractivity contribution in [2.45, 2.75) is 25.2 Å². The van der Waals surface area contributed by atoms with E-state index in [0.29, 0.717) is 18.7 Å². The molecule has 144 valence electrons. The fourth-order valence-electron chi connectivity index (χ4n) is 3.69. The summed E-state index contributed by atoms with van der Waals surface area (Å²) in [5, 5.41) is 4.07. The number of amides is 1. The van der Waals surface area contributed by atoms with Crippen LogP contribution in [0, 0.1) is 0 Å². The summed E-state index contributed by atoms with van der Waals surface area (Å²) in [5.41, 5.74) is 3.08. The van der Waals surface area contributed by atoms with Crippen LogP contribution in [0.1, 0.15) is 29.9 Å². The standard InChI is InChI=1S/C22H22N2O4/c1-27-16-6-7-19-18(12-16)14(13-24-19)8-9-23-21(25)10-15-11-22(26)28-20-5-3-2-4-17(15)20/h2-7,12-13,15,24H,8-11H2,1H3,(H,23,25)/t15-/m1/s1. The van der Waals surface area contributed by atoms with E-state index in [0.717, 1.165) is 27.8 Å². The van der Waals surface area contributed by atoms with E-state index in [1.54, 1.807) is 13.2 Å². The van der Waals surface area contributed by atoms with Crippen LogP contribution in [0.4, 0.5) is 0 Å². The molecule has 4 rings (SSSR count). The lowest BCUT2D eigenvalue weighted by Gasteiger charge is -2.23. The summed E-state index contributed by atoms with van der Waals surface area (Å²) < 4.78 is 10.5. The van der Waals surface area contributed by atoms with Crippen molar-refractivity contribution in [2.75, 3.05) is 13.7 Å². The highest BCUT2D eigenvalue weighted by atomic mass is 16.5. The molecular formula is C22H22N2O4. The zero-order valence-corrected chi connectivity index (χ0v) is 15.7. The number of methoxy groups -OCH3 is 1. The lowest BCUT2D eigenvalue weighted by Crippen LogP contribution is -2.29. The second kappa shape index (κ2) is 7.76. The molecule has 0 aliphatic carbocycles. The van der Waals surface area contributed by atoms with E-state index in [1.807, 2.05) is 42.6 Å². The molecule has 2 N–H and O–H groups in total. The van der Waals surface area contributed by atoms with Gasteiger partial charge in [0.25, 0.3) is 0 Å². The monoisotopic (exact) mass is 378 g/mol. The maximum absolute atomic E-state index is 12.4. The van der Waals surface area contributed by atoms with Crippen LogP contribution in [0.25, 0.3) is 10.9 Å². The molecule has 0 spiro atoms. The van der Waals surface area contributed by atoms with Gasteiger partial charge in [-0.1, -0.05) is 18.2 Å². The summed E-state index contributed by atoms with van der Waals surface area (Å²) in [6.45, 7) is 0.530. The maximum atomic E-state index is 12.4. The molecule has 3 aromatic rings. The van der Waals surface area contributed by atoms with Crippen molar-refractivity contribution in [1.82, 2.24) is 10.3 Å². The van der Waals surface area contributed by atoms with Gasteiger partial charge < -0.3 is 19.8 Å². The van der Waals surface area contributed by atoms with Gasteiger partial charge in [0.1, 0.15) is 11.5 Å². The highest BCUT2D eigenvalue weighted by Gasteiger charge is 2.28. The highest BCUT2D eigenvalue weighted by molar-refractivity contribution is 5.85. The van der Waals surface area contributed by atoms with E-state index >= 15 is 0 Å². The SMILES string of the molecule is COc1ccc2[nH]cc(CCNC(=O)C[C@@H]3CC(=O)Oc4ccccc43)c2c1. The number of hydrogen-bond donors (Lipinski definition) is 2. The number of nitrogens with one attached hydrogen (secondary N) is 2. The Bertz CT molecular complexity index is 1020. The minimum absolute atomic E-state index is 0.0630. The maximum Gasteiger partial charge on any atom is 0.311 e. The van der Waals surface area contributed by atoms with Crippen molar-refractivity contribution in [3.05, 3.63) is 59.8 Å². The van der Waals surface area contributed by atoms with Crippen LogP contribution >= 0.6 is 0 Å². The van der Waals surface area contributed by atoms with E-state index in [9.17, 15) is 9.59 Å². The number of carbonyl (C=O) groups is 2. The van der Waals surface area contributed by atoms with Crippen LogP contribution in [0.5, 0.6) is 11.5 Å². The predicted molar refractivity (Wildman–Crippen MR) is 106 cm³/mol. The first kappa shape index (κ1) is 18.1. The van der Waals surface area contributed by atoms with Gasteiger partial charge in [0, 0.05) is 36.0 Å². The molecule has 2 aromatic carbocycles. The molecule has 0 saturated carbocycles. The van der Waals surface area contributed by atoms with Gasteiger partial charge in [-0.25, -0.2) is 0 Å². The number of esters is 1. The smallest absolute Gasteiger partial charge is 0.311 e. The summed E-state index contributed by atoms with van der Waals surface area (Å²) in [6, 6.07) is 13.3. The Balaban J connectivity index is 1.36. The molecule has 2 heterocycles. The number of hydrogen-bond acceptors (Lipinski definition) is 4. The Morgan fingerprint density at radius 2 is 2.14 bits per heavy atom. The van der Waals surface area contributed by atoms with E-state index in [4.69, 9.17) is 9.47 Å². The Morgan fingerprint density at radius 1 is 1.29 bits per heavy atom. The van der Waals surface area contributed by atoms with E-state index in [1.165, 1.54) is 0 Å². The largest absolute Gasteiger partial charge is 0.497 e. The first-order valence-corrected chi connectivity index (χ1v) is 9.34. The Hall–Kier alpha value is -3.28. The average Bonchev–Trinajstić information content (AvgIpc) is 3.10. The molecule has 0 unspecified atom stereocenters. The lowest BCUT2D eigenvalue weighted by atomic mass is 9.89. The highest BCUT2D eigenvalue weighted by Crippen LogP contribution is 2.35. The van der Waals surface area contributed by atoms with Crippen LogP contribution in [0.15, 0.2) is 48.7 Å². The molecule has 1 aliphatic rings. The van der Waals surface area contributed by atoms with Crippen LogP contribution in [-0.2, 0) is 16.0 Å². The summed E-state index contributed by atoms with van der Waals surface area (Å²) in [7, 11) is 1.65. The third kappa shape index (κ3) is 3.71. The van der Waals surface area contributed by atoms with E-state index < -0.39 is 0 Å². The molecule has 28 heavy (non-hydrogen) atoms. The van der Waals surface area contributed by atoms with Crippen molar-refractivity contribution < 1.29 is 19.1 Å². The van der Waals surface area contributed by atoms with Crippen LogP contribution in [0.2, 0.25) is 0 Å². The van der Waals surface area contributed by atoms with Crippen LogP contribution in [0.3, 0.4) is 0 Å². The number of carbonyl (C=O) groups excluding carboxylic acids is 2. The molecular weight excluding hydrogens is 356 g/mol. The Kier molecular flexibility index (Phi) is 5.02. The van der Waals surface area contributed by atoms with Crippen LogP contribution in [-0.4, -0.2) is 30.5 Å². The zero-order valence-electron chi connectivity index (χ0n) is 15.7. The van der Waals surface area contributed by atoms with Gasteiger partial charge in [-0.2, -0.15) is 0 Å². The first-order chi connectivity index (χ1) is 13.6. The Morgan fingerprint density at radius 3 is 3.00 bits per heavy atom. The zero-order chi connectivity index (χ0) is 19.5. The van der Waals surface area contributed by atoms with Gasteiger partial charge in [-0.15, -0.1) is 0 Å². The number of ether oxygens (including phenoxy) is 2. The minimum atomic E-state index is -0.288. The van der Waals surface area contributed by atoms with Crippen molar-refractivity contribution in [1.29, 1.82) is 0 Å². The van der Waals surface area contributed by atoms with E-state index in [-0.39, 0.29) is 30.6 Å². The summed E-state index contributed by atoms with van der Waals surface area (Å²) in [5.74, 6) is 0.871. The number of fused-ring (bicyclic) bond motifs is 2.